The van der Waals surface area contributed by atoms with Gasteiger partial charge < -0.3 is 4.90 Å². The summed E-state index contributed by atoms with van der Waals surface area (Å²) in [5.41, 5.74) is 2.68. The summed E-state index contributed by atoms with van der Waals surface area (Å²) in [6.45, 7) is 10.7. The van der Waals surface area contributed by atoms with Crippen LogP contribution in [0.25, 0.3) is 11.4 Å². The highest BCUT2D eigenvalue weighted by Gasteiger charge is 2.37. The van der Waals surface area contributed by atoms with Crippen molar-refractivity contribution in [2.24, 2.45) is 5.92 Å². The first kappa shape index (κ1) is 18.1. The molecule has 1 aliphatic heterocycles. The quantitative estimate of drug-likeness (QED) is 0.772. The van der Waals surface area contributed by atoms with Crippen molar-refractivity contribution in [3.8, 4) is 11.4 Å². The van der Waals surface area contributed by atoms with Crippen LogP contribution in [0.2, 0.25) is 0 Å². The second-order valence-corrected chi connectivity index (χ2v) is 7.76. The van der Waals surface area contributed by atoms with E-state index in [4.69, 9.17) is 0 Å². The number of H-pyrrole nitrogens is 1. The Morgan fingerprint density at radius 2 is 2.16 bits per heavy atom. The van der Waals surface area contributed by atoms with Crippen molar-refractivity contribution in [3.63, 3.8) is 0 Å². The standard InChI is InChI=1S/C20H31N5/c1-4-5-6-7-12-25-13-11-20(3,16(2)15-25)18-10-8-9-17(14-18)19-21-23-24-22-19/h8-10,14,16H,4-7,11-13,15H2,1-3H3,(H,21,22,23,24). The highest BCUT2D eigenvalue weighted by atomic mass is 15.5. The van der Waals surface area contributed by atoms with Crippen molar-refractivity contribution in [2.45, 2.75) is 58.3 Å². The summed E-state index contributed by atoms with van der Waals surface area (Å²) in [6.07, 6.45) is 6.59. The van der Waals surface area contributed by atoms with Gasteiger partial charge in [-0.3, -0.25) is 0 Å². The minimum absolute atomic E-state index is 0.212. The molecule has 0 spiro atoms. The largest absolute Gasteiger partial charge is 0.303 e. The van der Waals surface area contributed by atoms with E-state index in [1.807, 2.05) is 0 Å². The number of tetrazole rings is 1. The van der Waals surface area contributed by atoms with Crippen molar-refractivity contribution in [1.82, 2.24) is 25.5 Å². The number of unbranched alkanes of at least 4 members (excludes halogenated alkanes) is 3. The van der Waals surface area contributed by atoms with Gasteiger partial charge in [0.25, 0.3) is 0 Å². The van der Waals surface area contributed by atoms with E-state index < -0.39 is 0 Å². The molecule has 1 saturated heterocycles. The minimum atomic E-state index is 0.212. The Morgan fingerprint density at radius 3 is 2.88 bits per heavy atom. The number of aromatic amines is 1. The molecule has 25 heavy (non-hydrogen) atoms. The smallest absolute Gasteiger partial charge is 0.179 e. The first-order chi connectivity index (χ1) is 12.1. The molecule has 1 aromatic heterocycles. The lowest BCUT2D eigenvalue weighted by atomic mass is 9.68. The fraction of sp³-hybridized carbons (Fsp3) is 0.650. The van der Waals surface area contributed by atoms with E-state index in [0.717, 1.165) is 11.4 Å². The third-order valence-electron chi connectivity index (χ3n) is 6.04. The average Bonchev–Trinajstić information content (AvgIpc) is 3.17. The van der Waals surface area contributed by atoms with Gasteiger partial charge in [0.05, 0.1) is 0 Å². The maximum Gasteiger partial charge on any atom is 0.179 e. The normalized spacial score (nSPS) is 24.5. The van der Waals surface area contributed by atoms with Gasteiger partial charge in [-0.15, -0.1) is 5.10 Å². The van der Waals surface area contributed by atoms with Crippen molar-refractivity contribution in [3.05, 3.63) is 29.8 Å². The van der Waals surface area contributed by atoms with Crippen LogP contribution >= 0.6 is 0 Å². The minimum Gasteiger partial charge on any atom is -0.303 e. The van der Waals surface area contributed by atoms with Crippen molar-refractivity contribution >= 4 is 0 Å². The number of nitrogens with zero attached hydrogens (tertiary/aromatic N) is 4. The summed E-state index contributed by atoms with van der Waals surface area (Å²) in [4.78, 5) is 2.66. The Kier molecular flexibility index (Phi) is 5.84. The summed E-state index contributed by atoms with van der Waals surface area (Å²) >= 11 is 0. The number of nitrogens with one attached hydrogen (secondary N) is 1. The van der Waals surface area contributed by atoms with Gasteiger partial charge in [-0.2, -0.15) is 0 Å². The molecule has 0 saturated carbocycles. The summed E-state index contributed by atoms with van der Waals surface area (Å²) in [5, 5.41) is 14.3. The van der Waals surface area contributed by atoms with Crippen LogP contribution in [0.4, 0.5) is 0 Å². The van der Waals surface area contributed by atoms with Gasteiger partial charge in [0.1, 0.15) is 0 Å². The Balaban J connectivity index is 1.67. The molecule has 1 aromatic carbocycles. The molecule has 0 radical (unpaired) electrons. The molecule has 1 fully saturated rings. The molecule has 3 rings (SSSR count). The number of piperidine rings is 1. The van der Waals surface area contributed by atoms with E-state index in [2.05, 4.69) is 70.6 Å². The van der Waals surface area contributed by atoms with Crippen LogP contribution in [-0.4, -0.2) is 45.2 Å². The summed E-state index contributed by atoms with van der Waals surface area (Å²) < 4.78 is 0. The number of benzene rings is 1. The highest BCUT2D eigenvalue weighted by molar-refractivity contribution is 5.56. The molecule has 136 valence electrons. The topological polar surface area (TPSA) is 57.7 Å². The predicted molar refractivity (Wildman–Crippen MR) is 101 cm³/mol. The average molecular weight is 342 g/mol. The molecule has 2 atom stereocenters. The molecular formula is C20H31N5. The van der Waals surface area contributed by atoms with Crippen LogP contribution in [0.15, 0.2) is 24.3 Å². The third-order valence-corrected chi connectivity index (χ3v) is 6.04. The summed E-state index contributed by atoms with van der Waals surface area (Å²) in [6, 6.07) is 8.72. The predicted octanol–water partition coefficient (Wildman–Crippen LogP) is 4.05. The summed E-state index contributed by atoms with van der Waals surface area (Å²) in [7, 11) is 0. The van der Waals surface area contributed by atoms with Gasteiger partial charge in [-0.25, -0.2) is 5.10 Å². The second kappa shape index (κ2) is 8.09. The Morgan fingerprint density at radius 1 is 1.28 bits per heavy atom. The van der Waals surface area contributed by atoms with Crippen LogP contribution in [0, 0.1) is 5.92 Å². The fourth-order valence-corrected chi connectivity index (χ4v) is 4.01. The van der Waals surface area contributed by atoms with Crippen molar-refractivity contribution in [1.29, 1.82) is 0 Å². The van der Waals surface area contributed by atoms with Crippen LogP contribution in [0.5, 0.6) is 0 Å². The first-order valence-corrected chi connectivity index (χ1v) is 9.70. The first-order valence-electron chi connectivity index (χ1n) is 9.70. The lowest BCUT2D eigenvalue weighted by Gasteiger charge is -2.45. The Bertz CT molecular complexity index is 654. The third kappa shape index (κ3) is 4.09. The number of rotatable bonds is 7. The zero-order valence-electron chi connectivity index (χ0n) is 15.8. The van der Waals surface area contributed by atoms with Gasteiger partial charge in [0.15, 0.2) is 5.82 Å². The van der Waals surface area contributed by atoms with Gasteiger partial charge in [-0.1, -0.05) is 58.2 Å². The molecule has 5 heteroatoms. The number of aromatic nitrogens is 4. The van der Waals surface area contributed by atoms with Crippen LogP contribution in [-0.2, 0) is 5.41 Å². The molecule has 0 aliphatic carbocycles. The number of likely N-dealkylation sites (tertiary alicyclic amines) is 1. The van der Waals surface area contributed by atoms with Crippen LogP contribution in [0.1, 0.15) is 58.4 Å². The van der Waals surface area contributed by atoms with Gasteiger partial charge in [0, 0.05) is 12.1 Å². The highest BCUT2D eigenvalue weighted by Crippen LogP contribution is 2.40. The van der Waals surface area contributed by atoms with E-state index in [9.17, 15) is 0 Å². The molecule has 1 N–H and O–H groups in total. The zero-order chi connectivity index (χ0) is 17.7. The van der Waals surface area contributed by atoms with E-state index in [1.54, 1.807) is 0 Å². The summed E-state index contributed by atoms with van der Waals surface area (Å²) in [5.74, 6) is 1.38. The lowest BCUT2D eigenvalue weighted by molar-refractivity contribution is 0.109. The van der Waals surface area contributed by atoms with Crippen LogP contribution in [0.3, 0.4) is 0 Å². The maximum atomic E-state index is 4.05. The van der Waals surface area contributed by atoms with E-state index in [1.165, 1.54) is 57.3 Å². The molecule has 0 amide bonds. The van der Waals surface area contributed by atoms with Gasteiger partial charge in [0.2, 0.25) is 0 Å². The number of hydrogen-bond acceptors (Lipinski definition) is 4. The molecule has 2 heterocycles. The van der Waals surface area contributed by atoms with Gasteiger partial charge in [-0.05, 0) is 59.3 Å². The molecular weight excluding hydrogens is 310 g/mol. The Hall–Kier alpha value is -1.75. The molecule has 1 aliphatic rings. The van der Waals surface area contributed by atoms with E-state index in [-0.39, 0.29) is 5.41 Å². The Labute approximate surface area is 151 Å². The molecule has 2 aromatic rings. The molecule has 5 nitrogen and oxygen atoms in total. The molecule has 2 unspecified atom stereocenters. The lowest BCUT2D eigenvalue weighted by Crippen LogP contribution is -2.47. The monoisotopic (exact) mass is 341 g/mol. The number of hydrogen-bond donors (Lipinski definition) is 1. The van der Waals surface area contributed by atoms with E-state index in [0.29, 0.717) is 5.92 Å². The van der Waals surface area contributed by atoms with Gasteiger partial charge >= 0.3 is 0 Å². The van der Waals surface area contributed by atoms with E-state index >= 15 is 0 Å². The second-order valence-electron chi connectivity index (χ2n) is 7.76. The zero-order valence-corrected chi connectivity index (χ0v) is 15.8. The van der Waals surface area contributed by atoms with Crippen molar-refractivity contribution < 1.29 is 0 Å². The SMILES string of the molecule is CCCCCCN1CCC(C)(c2cccc(-c3nnn[nH]3)c2)C(C)C1. The fourth-order valence-electron chi connectivity index (χ4n) is 4.01. The van der Waals surface area contributed by atoms with Crippen molar-refractivity contribution in [2.75, 3.05) is 19.6 Å². The molecule has 0 bridgehead atoms. The van der Waals surface area contributed by atoms with Crippen LogP contribution < -0.4 is 0 Å². The maximum absolute atomic E-state index is 4.05.